The van der Waals surface area contributed by atoms with Gasteiger partial charge in [0.2, 0.25) is 0 Å². The molecule has 0 saturated carbocycles. The minimum Gasteiger partial charge on any atom is -0.370 e. The summed E-state index contributed by atoms with van der Waals surface area (Å²) in [5.41, 5.74) is 6.30. The second-order valence-corrected chi connectivity index (χ2v) is 4.22. The normalized spacial score (nSPS) is 19.1. The molecule has 5 heteroatoms. The van der Waals surface area contributed by atoms with Crippen molar-refractivity contribution in [2.75, 3.05) is 18.0 Å². The van der Waals surface area contributed by atoms with Crippen LogP contribution in [0.2, 0.25) is 0 Å². The van der Waals surface area contributed by atoms with Crippen LogP contribution >= 0.6 is 0 Å². The molecule has 3 nitrogen and oxygen atoms in total. The van der Waals surface area contributed by atoms with Crippen molar-refractivity contribution in [1.82, 2.24) is 0 Å². The Labute approximate surface area is 98.2 Å². The van der Waals surface area contributed by atoms with Gasteiger partial charge in [-0.3, -0.25) is 4.79 Å². The molecular weight excluding hydrogens is 226 g/mol. The highest BCUT2D eigenvalue weighted by atomic mass is 19.3. The van der Waals surface area contributed by atoms with E-state index >= 15 is 0 Å². The number of halogens is 2. The van der Waals surface area contributed by atoms with Gasteiger partial charge in [-0.25, -0.2) is 8.78 Å². The Bertz CT molecular complexity index is 424. The van der Waals surface area contributed by atoms with Crippen molar-refractivity contribution in [1.29, 1.82) is 0 Å². The second-order valence-electron chi connectivity index (χ2n) is 4.22. The van der Waals surface area contributed by atoms with E-state index in [0.717, 1.165) is 0 Å². The summed E-state index contributed by atoms with van der Waals surface area (Å²) in [6.07, 6.45) is -0.361. The first-order valence-corrected chi connectivity index (χ1v) is 5.51. The number of alkyl halides is 2. The number of amides is 1. The van der Waals surface area contributed by atoms with Crippen LogP contribution in [0, 0.1) is 0 Å². The van der Waals surface area contributed by atoms with E-state index in [1.807, 2.05) is 0 Å². The fraction of sp³-hybridized carbons (Fsp3) is 0.417. The molecular formula is C12H14F2N2O. The van der Waals surface area contributed by atoms with E-state index in [2.05, 4.69) is 0 Å². The maximum Gasteiger partial charge on any atom is 0.251 e. The quantitative estimate of drug-likeness (QED) is 0.859. The minimum absolute atomic E-state index is 0.180. The number of para-hydroxylation sites is 1. The summed E-state index contributed by atoms with van der Waals surface area (Å²) in [5.74, 6) is -3.11. The number of benzene rings is 1. The molecule has 1 aliphatic heterocycles. The lowest BCUT2D eigenvalue weighted by atomic mass is 10.0. The summed E-state index contributed by atoms with van der Waals surface area (Å²) >= 11 is 0. The van der Waals surface area contributed by atoms with Gasteiger partial charge in [0.25, 0.3) is 11.8 Å². The topological polar surface area (TPSA) is 46.3 Å². The number of carbonyl (C=O) groups is 1. The molecule has 1 aromatic carbocycles. The third-order valence-electron chi connectivity index (χ3n) is 3.01. The maximum atomic E-state index is 13.0. The van der Waals surface area contributed by atoms with Crippen LogP contribution in [0.5, 0.6) is 0 Å². The van der Waals surface area contributed by atoms with Crippen LogP contribution in [-0.2, 0) is 0 Å². The Kier molecular flexibility index (Phi) is 3.00. The molecule has 0 spiro atoms. The van der Waals surface area contributed by atoms with Crippen molar-refractivity contribution in [3.63, 3.8) is 0 Å². The fourth-order valence-electron chi connectivity index (χ4n) is 2.03. The van der Waals surface area contributed by atoms with Crippen LogP contribution < -0.4 is 10.6 Å². The third kappa shape index (κ3) is 2.54. The summed E-state index contributed by atoms with van der Waals surface area (Å²) in [6.45, 7) is 0.495. The zero-order chi connectivity index (χ0) is 12.5. The largest absolute Gasteiger partial charge is 0.370 e. The molecule has 2 rings (SSSR count). The van der Waals surface area contributed by atoms with Crippen molar-refractivity contribution in [3.05, 3.63) is 29.8 Å². The predicted octanol–water partition coefficient (Wildman–Crippen LogP) is 2.02. The van der Waals surface area contributed by atoms with Gasteiger partial charge in [0, 0.05) is 31.6 Å². The number of piperidine rings is 1. The minimum atomic E-state index is -2.59. The van der Waals surface area contributed by atoms with Gasteiger partial charge in [0.15, 0.2) is 0 Å². The van der Waals surface area contributed by atoms with Crippen LogP contribution in [0.1, 0.15) is 23.2 Å². The molecule has 1 aromatic rings. The average molecular weight is 240 g/mol. The number of primary amides is 1. The van der Waals surface area contributed by atoms with Gasteiger partial charge < -0.3 is 10.6 Å². The van der Waals surface area contributed by atoms with E-state index < -0.39 is 11.8 Å². The smallest absolute Gasteiger partial charge is 0.251 e. The lowest BCUT2D eigenvalue weighted by Crippen LogP contribution is -2.40. The van der Waals surface area contributed by atoms with Crippen molar-refractivity contribution in [2.24, 2.45) is 5.73 Å². The Morgan fingerprint density at radius 2 is 1.82 bits per heavy atom. The molecule has 1 heterocycles. The van der Waals surface area contributed by atoms with Gasteiger partial charge in [-0.2, -0.15) is 0 Å². The fourth-order valence-corrected chi connectivity index (χ4v) is 2.03. The summed E-state index contributed by atoms with van der Waals surface area (Å²) in [6, 6.07) is 6.84. The number of nitrogens with zero attached hydrogens (tertiary/aromatic N) is 1. The van der Waals surface area contributed by atoms with Crippen molar-refractivity contribution in [3.8, 4) is 0 Å². The second kappa shape index (κ2) is 4.31. The van der Waals surface area contributed by atoms with E-state index in [1.165, 1.54) is 0 Å². The number of hydrogen-bond acceptors (Lipinski definition) is 2. The van der Waals surface area contributed by atoms with Crippen LogP contribution in [0.25, 0.3) is 0 Å². The third-order valence-corrected chi connectivity index (χ3v) is 3.01. The van der Waals surface area contributed by atoms with Crippen LogP contribution in [0.3, 0.4) is 0 Å². The van der Waals surface area contributed by atoms with E-state index in [1.54, 1.807) is 29.2 Å². The van der Waals surface area contributed by atoms with Gasteiger partial charge in [-0.15, -0.1) is 0 Å². The van der Waals surface area contributed by atoms with E-state index in [0.29, 0.717) is 11.3 Å². The van der Waals surface area contributed by atoms with Crippen LogP contribution in [0.15, 0.2) is 24.3 Å². The predicted molar refractivity (Wildman–Crippen MR) is 61.4 cm³/mol. The van der Waals surface area contributed by atoms with Gasteiger partial charge in [0.05, 0.1) is 5.56 Å². The molecule has 92 valence electrons. The van der Waals surface area contributed by atoms with Gasteiger partial charge in [-0.1, -0.05) is 12.1 Å². The molecule has 1 amide bonds. The van der Waals surface area contributed by atoms with Gasteiger partial charge in [-0.05, 0) is 12.1 Å². The molecule has 17 heavy (non-hydrogen) atoms. The number of nitrogens with two attached hydrogens (primary N) is 1. The molecule has 1 aliphatic rings. The summed E-state index contributed by atoms with van der Waals surface area (Å²) in [4.78, 5) is 13.0. The van der Waals surface area contributed by atoms with Gasteiger partial charge >= 0.3 is 0 Å². The maximum absolute atomic E-state index is 13.0. The highest BCUT2D eigenvalue weighted by Gasteiger charge is 2.34. The molecule has 0 atom stereocenters. The highest BCUT2D eigenvalue weighted by Crippen LogP contribution is 2.31. The molecule has 0 aliphatic carbocycles. The summed E-state index contributed by atoms with van der Waals surface area (Å²) < 4.78 is 26.1. The van der Waals surface area contributed by atoms with E-state index in [9.17, 15) is 13.6 Å². The van der Waals surface area contributed by atoms with Crippen LogP contribution in [-0.4, -0.2) is 24.9 Å². The molecule has 0 aromatic heterocycles. The van der Waals surface area contributed by atoms with E-state index in [4.69, 9.17) is 5.73 Å². The number of carbonyl (C=O) groups excluding carboxylic acids is 1. The Morgan fingerprint density at radius 3 is 2.41 bits per heavy atom. The number of anilines is 1. The zero-order valence-corrected chi connectivity index (χ0v) is 9.33. The van der Waals surface area contributed by atoms with Crippen molar-refractivity contribution < 1.29 is 13.6 Å². The van der Waals surface area contributed by atoms with Crippen molar-refractivity contribution in [2.45, 2.75) is 18.8 Å². The first-order chi connectivity index (χ1) is 7.99. The molecule has 0 radical (unpaired) electrons. The number of rotatable bonds is 2. The first-order valence-electron chi connectivity index (χ1n) is 5.51. The summed E-state index contributed by atoms with van der Waals surface area (Å²) in [5, 5.41) is 0. The van der Waals surface area contributed by atoms with Crippen molar-refractivity contribution >= 4 is 11.6 Å². The zero-order valence-electron chi connectivity index (χ0n) is 9.33. The molecule has 1 fully saturated rings. The molecule has 0 bridgehead atoms. The number of hydrogen-bond donors (Lipinski definition) is 1. The summed E-state index contributed by atoms with van der Waals surface area (Å²) in [7, 11) is 0. The Morgan fingerprint density at radius 1 is 1.24 bits per heavy atom. The molecule has 0 unspecified atom stereocenters. The first kappa shape index (κ1) is 11.8. The lowest BCUT2D eigenvalue weighted by Gasteiger charge is -2.34. The lowest BCUT2D eigenvalue weighted by molar-refractivity contribution is -0.0220. The molecule has 2 N–H and O–H groups in total. The highest BCUT2D eigenvalue weighted by molar-refractivity contribution is 5.98. The Hall–Kier alpha value is -1.65. The standard InChI is InChI=1S/C12H14F2N2O/c13-12(14)5-7-16(8-6-12)10-4-2-1-3-9(10)11(15)17/h1-4H,5-8H2,(H2,15,17). The SMILES string of the molecule is NC(=O)c1ccccc1N1CCC(F)(F)CC1. The monoisotopic (exact) mass is 240 g/mol. The Balaban J connectivity index is 2.21. The van der Waals surface area contributed by atoms with Crippen LogP contribution in [0.4, 0.5) is 14.5 Å². The van der Waals surface area contributed by atoms with E-state index in [-0.39, 0.29) is 25.9 Å². The average Bonchev–Trinajstić information content (AvgIpc) is 2.29. The van der Waals surface area contributed by atoms with Gasteiger partial charge in [0.1, 0.15) is 0 Å². The molecule has 1 saturated heterocycles.